The fourth-order valence-electron chi connectivity index (χ4n) is 4.13. The number of benzene rings is 3. The van der Waals surface area contributed by atoms with Crippen molar-refractivity contribution in [3.05, 3.63) is 106 Å². The smallest absolute Gasteiger partial charge is 0.301 e. The molecule has 4 aromatic rings. The molecule has 5 rings (SSSR count). The van der Waals surface area contributed by atoms with Crippen LogP contribution < -0.4 is 9.64 Å². The lowest BCUT2D eigenvalue weighted by atomic mass is 9.95. The number of aliphatic hydroxyl groups is 1. The lowest BCUT2D eigenvalue weighted by Gasteiger charge is -2.22. The van der Waals surface area contributed by atoms with Crippen LogP contribution in [0.3, 0.4) is 0 Å². The number of rotatable bonds is 8. The van der Waals surface area contributed by atoms with E-state index in [2.05, 4.69) is 10.2 Å². The zero-order valence-corrected chi connectivity index (χ0v) is 22.9. The molecule has 1 atom stereocenters. The fourth-order valence-corrected chi connectivity index (χ4v) is 6.11. The third-order valence-electron chi connectivity index (χ3n) is 5.98. The number of Topliss-reactive ketones (excluding diaryl/α,β-unsaturated/α-hetero) is 1. The summed E-state index contributed by atoms with van der Waals surface area (Å²) in [6.45, 7) is 2.35. The Morgan fingerprint density at radius 2 is 1.79 bits per heavy atom. The molecule has 39 heavy (non-hydrogen) atoms. The molecule has 1 saturated heterocycles. The predicted octanol–water partition coefficient (Wildman–Crippen LogP) is 6.65. The third-order valence-corrected chi connectivity index (χ3v) is 8.34. The molecule has 0 radical (unpaired) electrons. The van der Waals surface area contributed by atoms with Crippen molar-refractivity contribution in [3.8, 4) is 5.75 Å². The van der Waals surface area contributed by atoms with Crippen LogP contribution in [0.25, 0.3) is 5.76 Å². The largest absolute Gasteiger partial charge is 0.507 e. The Balaban J connectivity index is 1.54. The summed E-state index contributed by atoms with van der Waals surface area (Å²) in [7, 11) is 0. The number of amides is 1. The van der Waals surface area contributed by atoms with Crippen LogP contribution in [0, 0.1) is 5.82 Å². The minimum absolute atomic E-state index is 0.0813. The number of ketones is 1. The van der Waals surface area contributed by atoms with Crippen molar-refractivity contribution in [2.75, 3.05) is 11.5 Å². The zero-order valence-electron chi connectivity index (χ0n) is 20.5. The number of carbonyl (C=O) groups excluding carboxylic acids is 2. The van der Waals surface area contributed by atoms with Crippen LogP contribution in [0.5, 0.6) is 5.75 Å². The first-order valence-electron chi connectivity index (χ1n) is 11.9. The molecule has 3 aromatic carbocycles. The number of carbonyl (C=O) groups is 2. The van der Waals surface area contributed by atoms with Gasteiger partial charge in [-0.2, -0.15) is 0 Å². The number of anilines is 1. The normalized spacial score (nSPS) is 16.6. The average Bonchev–Trinajstić information content (AvgIpc) is 3.51. The van der Waals surface area contributed by atoms with Gasteiger partial charge in [-0.3, -0.25) is 14.5 Å². The van der Waals surface area contributed by atoms with Crippen LogP contribution in [-0.4, -0.2) is 33.6 Å². The number of hydrogen-bond acceptors (Lipinski definition) is 8. The lowest BCUT2D eigenvalue weighted by molar-refractivity contribution is -0.132. The molecule has 0 spiro atoms. The highest BCUT2D eigenvalue weighted by Gasteiger charge is 2.48. The maximum atomic E-state index is 14.1. The van der Waals surface area contributed by atoms with Gasteiger partial charge in [-0.05, 0) is 60.5 Å². The van der Waals surface area contributed by atoms with Gasteiger partial charge < -0.3 is 9.84 Å². The number of hydrogen-bond donors (Lipinski definition) is 1. The molecular formula is C28H21ClFN3O4S2. The monoisotopic (exact) mass is 581 g/mol. The molecule has 7 nitrogen and oxygen atoms in total. The predicted molar refractivity (Wildman–Crippen MR) is 150 cm³/mol. The second kappa shape index (κ2) is 11.6. The molecule has 1 amide bonds. The van der Waals surface area contributed by atoms with Crippen LogP contribution in [0.4, 0.5) is 9.52 Å². The van der Waals surface area contributed by atoms with E-state index in [4.69, 9.17) is 16.3 Å². The van der Waals surface area contributed by atoms with Gasteiger partial charge >= 0.3 is 5.91 Å². The Hall–Kier alpha value is -3.73. The number of aliphatic hydroxyl groups excluding tert-OH is 1. The highest BCUT2D eigenvalue weighted by atomic mass is 35.5. The standard InChI is InChI=1S/C28H21ClFN3O4S2/c1-2-37-20-13-9-16(10-14-20)23-22(24(34)17-7-11-19(29)12-8-17)25(35)26(36)33(23)27-31-32-28(39-27)38-15-18-5-3-4-6-21(18)30/h3-14,23,34H,2,15H2,1H3/b24-22-. The van der Waals surface area contributed by atoms with Crippen molar-refractivity contribution < 1.29 is 23.8 Å². The van der Waals surface area contributed by atoms with Crippen molar-refractivity contribution in [3.63, 3.8) is 0 Å². The van der Waals surface area contributed by atoms with E-state index >= 15 is 0 Å². The fraction of sp³-hybridized carbons (Fsp3) is 0.143. The molecule has 1 aliphatic heterocycles. The van der Waals surface area contributed by atoms with Crippen LogP contribution in [0.15, 0.2) is 82.7 Å². The second-order valence-corrected chi connectivity index (χ2v) is 11.0. The highest BCUT2D eigenvalue weighted by Crippen LogP contribution is 2.44. The molecule has 0 aliphatic carbocycles. The van der Waals surface area contributed by atoms with Gasteiger partial charge in [-0.15, -0.1) is 10.2 Å². The second-order valence-electron chi connectivity index (χ2n) is 8.41. The summed E-state index contributed by atoms with van der Waals surface area (Å²) in [5, 5.41) is 20.2. The molecule has 2 heterocycles. The van der Waals surface area contributed by atoms with E-state index in [-0.39, 0.29) is 22.3 Å². The van der Waals surface area contributed by atoms with Gasteiger partial charge in [0, 0.05) is 16.3 Å². The Morgan fingerprint density at radius 3 is 2.49 bits per heavy atom. The highest BCUT2D eigenvalue weighted by molar-refractivity contribution is 8.00. The maximum absolute atomic E-state index is 14.1. The molecule has 11 heteroatoms. The first-order valence-corrected chi connectivity index (χ1v) is 14.0. The molecular weight excluding hydrogens is 561 g/mol. The van der Waals surface area contributed by atoms with Gasteiger partial charge in [0.1, 0.15) is 17.3 Å². The van der Waals surface area contributed by atoms with E-state index in [1.165, 1.54) is 22.7 Å². The Bertz CT molecular complexity index is 1560. The van der Waals surface area contributed by atoms with Crippen molar-refractivity contribution in [2.24, 2.45) is 0 Å². The minimum Gasteiger partial charge on any atom is -0.507 e. The summed E-state index contributed by atoms with van der Waals surface area (Å²) >= 11 is 8.37. The van der Waals surface area contributed by atoms with E-state index in [9.17, 15) is 19.1 Å². The average molecular weight is 582 g/mol. The molecule has 1 fully saturated rings. The summed E-state index contributed by atoms with van der Waals surface area (Å²) in [4.78, 5) is 27.9. The number of aromatic nitrogens is 2. The zero-order chi connectivity index (χ0) is 27.5. The van der Waals surface area contributed by atoms with E-state index < -0.39 is 17.7 Å². The quantitative estimate of drug-likeness (QED) is 0.0819. The van der Waals surface area contributed by atoms with Crippen molar-refractivity contribution in [1.29, 1.82) is 0 Å². The van der Waals surface area contributed by atoms with E-state index in [1.807, 2.05) is 6.92 Å². The third kappa shape index (κ3) is 5.54. The topological polar surface area (TPSA) is 92.6 Å². The summed E-state index contributed by atoms with van der Waals surface area (Å²) in [5.41, 5.74) is 1.34. The van der Waals surface area contributed by atoms with Crippen LogP contribution in [-0.2, 0) is 15.3 Å². The van der Waals surface area contributed by atoms with E-state index in [0.717, 1.165) is 11.3 Å². The molecule has 0 saturated carbocycles. The number of thioether (sulfide) groups is 1. The number of nitrogens with zero attached hydrogens (tertiary/aromatic N) is 3. The van der Waals surface area contributed by atoms with Gasteiger partial charge in [0.25, 0.3) is 5.78 Å². The van der Waals surface area contributed by atoms with Crippen molar-refractivity contribution in [2.45, 2.75) is 23.1 Å². The maximum Gasteiger partial charge on any atom is 0.301 e. The van der Waals surface area contributed by atoms with Crippen LogP contribution >= 0.6 is 34.7 Å². The first-order chi connectivity index (χ1) is 18.9. The van der Waals surface area contributed by atoms with Crippen molar-refractivity contribution in [1.82, 2.24) is 10.2 Å². The minimum atomic E-state index is -0.964. The van der Waals surface area contributed by atoms with Gasteiger partial charge in [-0.25, -0.2) is 4.39 Å². The molecule has 1 N–H and O–H groups in total. The van der Waals surface area contributed by atoms with Crippen LogP contribution in [0.2, 0.25) is 5.02 Å². The van der Waals surface area contributed by atoms with Crippen LogP contribution in [0.1, 0.15) is 29.7 Å². The van der Waals surface area contributed by atoms with E-state index in [1.54, 1.807) is 66.7 Å². The number of halogens is 2. The molecule has 1 aromatic heterocycles. The van der Waals surface area contributed by atoms with Gasteiger partial charge in [0.15, 0.2) is 4.34 Å². The van der Waals surface area contributed by atoms with Gasteiger partial charge in [-0.1, -0.05) is 65.0 Å². The number of ether oxygens (including phenoxy) is 1. The molecule has 1 unspecified atom stereocenters. The first kappa shape index (κ1) is 26.9. The van der Waals surface area contributed by atoms with Gasteiger partial charge in [0.05, 0.1) is 18.2 Å². The SMILES string of the molecule is CCOc1ccc(C2/C(=C(/O)c3ccc(Cl)cc3)C(=O)C(=O)N2c2nnc(SCc3ccccc3F)s2)cc1. The Labute approximate surface area is 236 Å². The van der Waals surface area contributed by atoms with Crippen molar-refractivity contribution >= 4 is 57.3 Å². The van der Waals surface area contributed by atoms with E-state index in [0.29, 0.717) is 44.2 Å². The Kier molecular flexibility index (Phi) is 7.97. The summed E-state index contributed by atoms with van der Waals surface area (Å²) < 4.78 is 20.1. The molecule has 0 bridgehead atoms. The molecule has 1 aliphatic rings. The summed E-state index contributed by atoms with van der Waals surface area (Å²) in [6, 6.07) is 18.7. The summed E-state index contributed by atoms with van der Waals surface area (Å²) in [5.74, 6) is -1.40. The molecule has 198 valence electrons. The summed E-state index contributed by atoms with van der Waals surface area (Å²) in [6.07, 6.45) is 0. The van der Waals surface area contributed by atoms with Gasteiger partial charge in [0.2, 0.25) is 5.13 Å². The lowest BCUT2D eigenvalue weighted by Crippen LogP contribution is -2.29. The Morgan fingerprint density at radius 1 is 1.08 bits per heavy atom.